The van der Waals surface area contributed by atoms with Crippen LogP contribution in [0.1, 0.15) is 29.5 Å². The Morgan fingerprint density at radius 1 is 1.00 bits per heavy atom. The summed E-state index contributed by atoms with van der Waals surface area (Å²) in [5, 5.41) is 6.76. The Hall–Kier alpha value is -3.15. The second-order valence-electron chi connectivity index (χ2n) is 6.65. The van der Waals surface area contributed by atoms with Crippen LogP contribution in [0, 0.1) is 13.8 Å². The lowest BCUT2D eigenvalue weighted by Crippen LogP contribution is -2.20. The van der Waals surface area contributed by atoms with E-state index in [1.165, 1.54) is 0 Å². The fraction of sp³-hybridized carbons (Fsp3) is 0.286. The number of amides is 2. The number of benzene rings is 2. The van der Waals surface area contributed by atoms with Crippen LogP contribution in [-0.4, -0.2) is 32.1 Å². The molecule has 2 amide bonds. The van der Waals surface area contributed by atoms with Gasteiger partial charge in [-0.25, -0.2) is 5.43 Å². The maximum Gasteiger partial charge on any atom is 0.240 e. The van der Waals surface area contributed by atoms with Gasteiger partial charge in [-0.15, -0.1) is 0 Å². The van der Waals surface area contributed by atoms with E-state index in [4.69, 9.17) is 0 Å². The quantitative estimate of drug-likeness (QED) is 0.584. The van der Waals surface area contributed by atoms with E-state index in [1.54, 1.807) is 6.21 Å². The Kier molecular flexibility index (Phi) is 7.11. The molecule has 0 aliphatic carbocycles. The Bertz CT molecular complexity index is 827. The van der Waals surface area contributed by atoms with Crippen molar-refractivity contribution in [2.75, 3.05) is 24.3 Å². The van der Waals surface area contributed by atoms with Crippen LogP contribution in [0.25, 0.3) is 0 Å². The summed E-state index contributed by atoms with van der Waals surface area (Å²) in [7, 11) is 3.94. The van der Waals surface area contributed by atoms with Crippen LogP contribution in [-0.2, 0) is 9.59 Å². The molecule has 0 bridgehead atoms. The number of nitrogens with one attached hydrogen (secondary N) is 2. The number of aryl methyl sites for hydroxylation is 2. The first-order chi connectivity index (χ1) is 12.8. The fourth-order valence-electron chi connectivity index (χ4n) is 2.49. The van der Waals surface area contributed by atoms with E-state index >= 15 is 0 Å². The zero-order valence-electron chi connectivity index (χ0n) is 16.2. The minimum atomic E-state index is -0.299. The highest BCUT2D eigenvalue weighted by Gasteiger charge is 2.08. The van der Waals surface area contributed by atoms with Crippen LogP contribution >= 0.6 is 0 Å². The van der Waals surface area contributed by atoms with Crippen molar-refractivity contribution in [3.05, 3.63) is 59.2 Å². The van der Waals surface area contributed by atoms with Crippen molar-refractivity contribution in [2.24, 2.45) is 5.10 Å². The van der Waals surface area contributed by atoms with E-state index in [2.05, 4.69) is 15.8 Å². The van der Waals surface area contributed by atoms with E-state index in [0.29, 0.717) is 0 Å². The smallest absolute Gasteiger partial charge is 0.240 e. The zero-order valence-corrected chi connectivity index (χ0v) is 16.2. The molecule has 0 atom stereocenters. The van der Waals surface area contributed by atoms with Gasteiger partial charge in [0.25, 0.3) is 0 Å². The molecular formula is C21H26N4O2. The van der Waals surface area contributed by atoms with E-state index < -0.39 is 0 Å². The minimum absolute atomic E-state index is 0.0770. The van der Waals surface area contributed by atoms with Crippen molar-refractivity contribution in [3.63, 3.8) is 0 Å². The molecule has 0 fully saturated rings. The van der Waals surface area contributed by atoms with Crippen molar-refractivity contribution in [2.45, 2.75) is 26.7 Å². The molecule has 2 aromatic carbocycles. The summed E-state index contributed by atoms with van der Waals surface area (Å²) in [5.41, 5.74) is 7.32. The van der Waals surface area contributed by atoms with Gasteiger partial charge in [-0.3, -0.25) is 9.59 Å². The van der Waals surface area contributed by atoms with Gasteiger partial charge in [-0.2, -0.15) is 5.10 Å². The van der Waals surface area contributed by atoms with Gasteiger partial charge in [0.2, 0.25) is 11.8 Å². The number of nitrogens with zero attached hydrogens (tertiary/aromatic N) is 2. The largest absolute Gasteiger partial charge is 0.378 e. The number of hydrazone groups is 1. The number of carbonyl (C=O) groups is 2. The van der Waals surface area contributed by atoms with Gasteiger partial charge in [0.1, 0.15) is 0 Å². The maximum absolute atomic E-state index is 12.0. The maximum atomic E-state index is 12.0. The molecule has 0 spiro atoms. The highest BCUT2D eigenvalue weighted by Crippen LogP contribution is 2.16. The summed E-state index contributed by atoms with van der Waals surface area (Å²) in [4.78, 5) is 25.8. The lowest BCUT2D eigenvalue weighted by Gasteiger charge is -2.11. The molecule has 0 aromatic heterocycles. The van der Waals surface area contributed by atoms with Gasteiger partial charge >= 0.3 is 0 Å². The zero-order chi connectivity index (χ0) is 19.8. The summed E-state index contributed by atoms with van der Waals surface area (Å²) < 4.78 is 0. The van der Waals surface area contributed by atoms with Crippen LogP contribution in [0.3, 0.4) is 0 Å². The second-order valence-corrected chi connectivity index (χ2v) is 6.65. The van der Waals surface area contributed by atoms with Gasteiger partial charge in [0.15, 0.2) is 0 Å². The van der Waals surface area contributed by atoms with Crippen molar-refractivity contribution in [3.8, 4) is 0 Å². The molecule has 27 heavy (non-hydrogen) atoms. The third-order valence-electron chi connectivity index (χ3n) is 4.05. The second kappa shape index (κ2) is 9.52. The van der Waals surface area contributed by atoms with Gasteiger partial charge in [0, 0.05) is 38.3 Å². The lowest BCUT2D eigenvalue weighted by molar-refractivity contribution is -0.124. The fourth-order valence-corrected chi connectivity index (χ4v) is 2.49. The van der Waals surface area contributed by atoms with E-state index in [1.807, 2.05) is 75.3 Å². The first kappa shape index (κ1) is 20.2. The Morgan fingerprint density at radius 2 is 1.67 bits per heavy atom. The minimum Gasteiger partial charge on any atom is -0.378 e. The Labute approximate surface area is 160 Å². The van der Waals surface area contributed by atoms with Gasteiger partial charge in [-0.05, 0) is 43.2 Å². The molecule has 0 radical (unpaired) electrons. The van der Waals surface area contributed by atoms with E-state index in [0.717, 1.165) is 28.1 Å². The molecule has 6 heteroatoms. The SMILES string of the molecule is Cc1ccc(NC(=O)CCC(=O)N/N=C\c2ccc(N(C)C)cc2)c(C)c1. The topological polar surface area (TPSA) is 73.8 Å². The van der Waals surface area contributed by atoms with Crippen molar-refractivity contribution < 1.29 is 9.59 Å². The molecule has 6 nitrogen and oxygen atoms in total. The highest BCUT2D eigenvalue weighted by molar-refractivity contribution is 5.94. The number of rotatable bonds is 7. The molecule has 0 unspecified atom stereocenters. The van der Waals surface area contributed by atoms with Crippen LogP contribution in [0.15, 0.2) is 47.6 Å². The van der Waals surface area contributed by atoms with Crippen molar-refractivity contribution in [1.82, 2.24) is 5.43 Å². The average Bonchev–Trinajstić information content (AvgIpc) is 2.63. The lowest BCUT2D eigenvalue weighted by atomic mass is 10.1. The summed E-state index contributed by atoms with van der Waals surface area (Å²) in [5.74, 6) is -0.493. The number of hydrogen-bond donors (Lipinski definition) is 2. The van der Waals surface area contributed by atoms with Gasteiger partial charge < -0.3 is 10.2 Å². The Balaban J connectivity index is 1.76. The van der Waals surface area contributed by atoms with Crippen LogP contribution < -0.4 is 15.6 Å². The van der Waals surface area contributed by atoms with Gasteiger partial charge in [0.05, 0.1) is 6.21 Å². The summed E-state index contributed by atoms with van der Waals surface area (Å²) in [6, 6.07) is 13.6. The monoisotopic (exact) mass is 366 g/mol. The van der Waals surface area contributed by atoms with Crippen molar-refractivity contribution >= 4 is 29.4 Å². The first-order valence-corrected chi connectivity index (χ1v) is 8.81. The molecule has 2 rings (SSSR count). The molecule has 0 aliphatic heterocycles. The molecule has 2 N–H and O–H groups in total. The van der Waals surface area contributed by atoms with E-state index in [9.17, 15) is 9.59 Å². The summed E-state index contributed by atoms with van der Waals surface area (Å²) in [6.45, 7) is 3.94. The third-order valence-corrected chi connectivity index (χ3v) is 4.05. The molecule has 0 saturated carbocycles. The predicted octanol–water partition coefficient (Wildman–Crippen LogP) is 3.24. The molecule has 142 valence electrons. The third kappa shape index (κ3) is 6.58. The van der Waals surface area contributed by atoms with Crippen molar-refractivity contribution in [1.29, 1.82) is 0 Å². The van der Waals surface area contributed by atoms with E-state index in [-0.39, 0.29) is 24.7 Å². The van der Waals surface area contributed by atoms with Crippen LogP contribution in [0.2, 0.25) is 0 Å². The average molecular weight is 366 g/mol. The summed E-state index contributed by atoms with van der Waals surface area (Å²) in [6.07, 6.45) is 1.76. The predicted molar refractivity (Wildman–Crippen MR) is 110 cm³/mol. The van der Waals surface area contributed by atoms with Crippen LogP contribution in [0.4, 0.5) is 11.4 Å². The number of carbonyl (C=O) groups excluding carboxylic acids is 2. The molecule has 0 aliphatic rings. The van der Waals surface area contributed by atoms with Gasteiger partial charge in [-0.1, -0.05) is 29.8 Å². The molecular weight excluding hydrogens is 340 g/mol. The number of hydrogen-bond acceptors (Lipinski definition) is 4. The molecule has 0 saturated heterocycles. The Morgan fingerprint density at radius 3 is 2.30 bits per heavy atom. The normalized spacial score (nSPS) is 10.7. The highest BCUT2D eigenvalue weighted by atomic mass is 16.2. The first-order valence-electron chi connectivity index (χ1n) is 8.81. The molecule has 2 aromatic rings. The summed E-state index contributed by atoms with van der Waals surface area (Å²) >= 11 is 0. The number of anilines is 2. The van der Waals surface area contributed by atoms with Crippen LogP contribution in [0.5, 0.6) is 0 Å². The standard InChI is InChI=1S/C21H26N4O2/c1-15-5-10-19(16(2)13-15)23-20(26)11-12-21(27)24-22-14-17-6-8-18(9-7-17)25(3)4/h5-10,13-14H,11-12H2,1-4H3,(H,23,26)(H,24,27)/b22-14-. The molecule has 0 heterocycles.